The molecule has 6 nitrogen and oxygen atoms in total. The minimum atomic E-state index is -1.06. The molecule has 0 spiro atoms. The van der Waals surface area contributed by atoms with E-state index in [0.29, 0.717) is 0 Å². The fourth-order valence-electron chi connectivity index (χ4n) is 0.433. The summed E-state index contributed by atoms with van der Waals surface area (Å²) >= 11 is 0. The molecule has 0 saturated carbocycles. The number of carbonyl (C=O) groups is 2. The van der Waals surface area contributed by atoms with E-state index in [0.717, 1.165) is 0 Å². The zero-order valence-corrected chi connectivity index (χ0v) is 6.49. The van der Waals surface area contributed by atoms with Gasteiger partial charge in [0.25, 0.3) is 0 Å². The highest BCUT2D eigenvalue weighted by Crippen LogP contribution is 1.79. The van der Waals surface area contributed by atoms with Crippen molar-refractivity contribution in [2.24, 2.45) is 5.73 Å². The monoisotopic (exact) mass is 177 g/mol. The second kappa shape index (κ2) is 6.56. The molecule has 0 unspecified atom stereocenters. The molecule has 0 aliphatic rings. The van der Waals surface area contributed by atoms with Crippen molar-refractivity contribution in [1.29, 1.82) is 0 Å². The second-order valence-electron chi connectivity index (χ2n) is 1.87. The fraction of sp³-hybridized carbons (Fsp3) is 0.667. The van der Waals surface area contributed by atoms with Gasteiger partial charge in [-0.1, -0.05) is 0 Å². The van der Waals surface area contributed by atoms with Gasteiger partial charge >= 0.3 is 11.9 Å². The molecule has 0 aromatic rings. The van der Waals surface area contributed by atoms with Crippen molar-refractivity contribution in [3.05, 3.63) is 0 Å². The van der Waals surface area contributed by atoms with E-state index in [1.807, 2.05) is 0 Å². The van der Waals surface area contributed by atoms with Crippen LogP contribution in [0.3, 0.4) is 0 Å². The van der Waals surface area contributed by atoms with Crippen molar-refractivity contribution >= 4 is 11.9 Å². The number of esters is 1. The zero-order valence-electron chi connectivity index (χ0n) is 6.49. The molecule has 0 atom stereocenters. The van der Waals surface area contributed by atoms with Gasteiger partial charge in [0.15, 0.2) is 0 Å². The van der Waals surface area contributed by atoms with E-state index in [-0.39, 0.29) is 26.4 Å². The molecule has 70 valence electrons. The van der Waals surface area contributed by atoms with Crippen LogP contribution in [0.15, 0.2) is 0 Å². The Morgan fingerprint density at radius 1 is 1.33 bits per heavy atom. The summed E-state index contributed by atoms with van der Waals surface area (Å²) in [5, 5.41) is 8.12. The van der Waals surface area contributed by atoms with Gasteiger partial charge in [0.05, 0.1) is 13.2 Å². The summed E-state index contributed by atoms with van der Waals surface area (Å²) in [7, 11) is 0. The topological polar surface area (TPSA) is 98.9 Å². The lowest BCUT2D eigenvalue weighted by atomic mass is 10.6. The number of rotatable bonds is 6. The first kappa shape index (κ1) is 10.9. The molecule has 0 aliphatic heterocycles. The molecular weight excluding hydrogens is 166 g/mol. The first-order valence-electron chi connectivity index (χ1n) is 3.32. The van der Waals surface area contributed by atoms with E-state index < -0.39 is 11.9 Å². The van der Waals surface area contributed by atoms with Crippen LogP contribution in [0.2, 0.25) is 0 Å². The summed E-state index contributed by atoms with van der Waals surface area (Å²) in [5.41, 5.74) is 4.93. The van der Waals surface area contributed by atoms with Crippen LogP contribution in [0.1, 0.15) is 0 Å². The number of aliphatic carboxylic acids is 1. The number of ether oxygens (including phenoxy) is 2. The number of hydrogen-bond acceptors (Lipinski definition) is 5. The Labute approximate surface area is 69.2 Å². The Bertz CT molecular complexity index is 158. The molecule has 3 N–H and O–H groups in total. The first-order valence-corrected chi connectivity index (χ1v) is 3.32. The minimum absolute atomic E-state index is 0.0311. The van der Waals surface area contributed by atoms with E-state index in [4.69, 9.17) is 10.8 Å². The van der Waals surface area contributed by atoms with Gasteiger partial charge in [-0.3, -0.25) is 4.79 Å². The van der Waals surface area contributed by atoms with Crippen LogP contribution in [-0.2, 0) is 19.1 Å². The van der Waals surface area contributed by atoms with Crippen LogP contribution in [0.5, 0.6) is 0 Å². The largest absolute Gasteiger partial charge is 0.480 e. The molecule has 0 aromatic carbocycles. The van der Waals surface area contributed by atoms with Crippen molar-refractivity contribution in [3.63, 3.8) is 0 Å². The van der Waals surface area contributed by atoms with E-state index in [2.05, 4.69) is 9.47 Å². The molecular formula is C6H11NO5. The lowest BCUT2D eigenvalue weighted by Gasteiger charge is -2.02. The maximum absolute atomic E-state index is 10.4. The lowest BCUT2D eigenvalue weighted by Crippen LogP contribution is -2.19. The third-order valence-electron chi connectivity index (χ3n) is 0.883. The van der Waals surface area contributed by atoms with Crippen molar-refractivity contribution in [2.75, 3.05) is 26.4 Å². The smallest absolute Gasteiger partial charge is 0.329 e. The van der Waals surface area contributed by atoms with E-state index >= 15 is 0 Å². The molecule has 0 saturated heterocycles. The van der Waals surface area contributed by atoms with Crippen molar-refractivity contribution in [2.45, 2.75) is 0 Å². The number of carbonyl (C=O) groups excluding carboxylic acids is 1. The van der Waals surface area contributed by atoms with Gasteiger partial charge in [-0.2, -0.15) is 0 Å². The van der Waals surface area contributed by atoms with Gasteiger partial charge in [-0.05, 0) is 0 Å². The molecule has 0 amide bonds. The van der Waals surface area contributed by atoms with Crippen LogP contribution in [0.4, 0.5) is 0 Å². The standard InChI is InChI=1S/C6H11NO5/c7-3-6(10)12-2-1-11-4-5(8)9/h1-4,7H2,(H,8,9). The number of nitrogens with two attached hydrogens (primary N) is 1. The molecule has 12 heavy (non-hydrogen) atoms. The van der Waals surface area contributed by atoms with Crippen LogP contribution in [-0.4, -0.2) is 43.4 Å². The zero-order chi connectivity index (χ0) is 9.40. The van der Waals surface area contributed by atoms with Gasteiger partial charge in [0, 0.05) is 0 Å². The molecule has 0 aliphatic carbocycles. The normalized spacial score (nSPS) is 9.42. The van der Waals surface area contributed by atoms with E-state index in [1.54, 1.807) is 0 Å². The molecule has 0 heterocycles. The Morgan fingerprint density at radius 2 is 2.00 bits per heavy atom. The first-order chi connectivity index (χ1) is 5.66. The number of carboxylic acids is 1. The van der Waals surface area contributed by atoms with Gasteiger partial charge in [-0.15, -0.1) is 0 Å². The van der Waals surface area contributed by atoms with Gasteiger partial charge in [0.2, 0.25) is 0 Å². The summed E-state index contributed by atoms with van der Waals surface area (Å²) in [5.74, 6) is -1.59. The van der Waals surface area contributed by atoms with Crippen LogP contribution in [0, 0.1) is 0 Å². The molecule has 0 radical (unpaired) electrons. The average Bonchev–Trinajstić information content (AvgIpc) is 2.03. The fourth-order valence-corrected chi connectivity index (χ4v) is 0.433. The van der Waals surface area contributed by atoms with Gasteiger partial charge < -0.3 is 20.3 Å². The van der Waals surface area contributed by atoms with Crippen molar-refractivity contribution in [3.8, 4) is 0 Å². The quantitative estimate of drug-likeness (QED) is 0.382. The predicted octanol–water partition coefficient (Wildman–Crippen LogP) is -1.41. The number of carboxylic acid groups (broad SMARTS) is 1. The van der Waals surface area contributed by atoms with Crippen LogP contribution >= 0.6 is 0 Å². The van der Waals surface area contributed by atoms with E-state index in [9.17, 15) is 9.59 Å². The molecule has 0 rings (SSSR count). The average molecular weight is 177 g/mol. The van der Waals surface area contributed by atoms with Gasteiger partial charge in [-0.25, -0.2) is 4.79 Å². The van der Waals surface area contributed by atoms with E-state index in [1.165, 1.54) is 0 Å². The highest BCUT2D eigenvalue weighted by atomic mass is 16.6. The highest BCUT2D eigenvalue weighted by molar-refractivity contribution is 5.71. The molecule has 0 aromatic heterocycles. The Hall–Kier alpha value is -1.14. The Morgan fingerprint density at radius 3 is 2.50 bits per heavy atom. The molecule has 0 bridgehead atoms. The van der Waals surface area contributed by atoms with Crippen LogP contribution in [0.25, 0.3) is 0 Å². The SMILES string of the molecule is NCC(=O)OCCOCC(=O)O. The third-order valence-corrected chi connectivity index (χ3v) is 0.883. The lowest BCUT2D eigenvalue weighted by molar-refractivity contribution is -0.146. The summed E-state index contributed by atoms with van der Waals surface area (Å²) < 4.78 is 9.06. The van der Waals surface area contributed by atoms with Gasteiger partial charge in [0.1, 0.15) is 13.2 Å². The third kappa shape index (κ3) is 6.97. The van der Waals surface area contributed by atoms with Crippen molar-refractivity contribution < 1.29 is 24.2 Å². The van der Waals surface area contributed by atoms with Crippen LogP contribution < -0.4 is 5.73 Å². The summed E-state index contributed by atoms with van der Waals surface area (Å²) in [6, 6.07) is 0. The molecule has 0 fully saturated rings. The maximum Gasteiger partial charge on any atom is 0.329 e. The van der Waals surface area contributed by atoms with Crippen molar-refractivity contribution in [1.82, 2.24) is 0 Å². The predicted molar refractivity (Wildman–Crippen MR) is 38.5 cm³/mol. The minimum Gasteiger partial charge on any atom is -0.480 e. The number of hydrogen-bond donors (Lipinski definition) is 2. The highest BCUT2D eigenvalue weighted by Gasteiger charge is 1.99. The summed E-state index contributed by atoms with van der Waals surface area (Å²) in [4.78, 5) is 20.3. The molecule has 6 heteroatoms. The second-order valence-corrected chi connectivity index (χ2v) is 1.87. The maximum atomic E-state index is 10.4. The summed E-state index contributed by atoms with van der Waals surface area (Å²) in [6.45, 7) is -0.472. The summed E-state index contributed by atoms with van der Waals surface area (Å²) in [6.07, 6.45) is 0. The Kier molecular flexibility index (Phi) is 5.94. The Balaban J connectivity index is 3.11.